The van der Waals surface area contributed by atoms with Crippen molar-refractivity contribution in [1.82, 2.24) is 5.32 Å². The lowest BCUT2D eigenvalue weighted by Crippen LogP contribution is -2.30. The molecule has 0 aliphatic carbocycles. The van der Waals surface area contributed by atoms with Gasteiger partial charge < -0.3 is 10.6 Å². The van der Waals surface area contributed by atoms with Gasteiger partial charge in [-0.15, -0.1) is 0 Å². The molecule has 0 bridgehead atoms. The Kier molecular flexibility index (Phi) is 5.11. The molecule has 0 fully saturated rings. The Morgan fingerprint density at radius 2 is 1.61 bits per heavy atom. The standard InChI is InChI=1S/C18H17N3O2/c1-12(2)20-17(22)14-6-8-15(9-7-14)18(23)21-16-5-3-4-13(10-16)11-19/h3-10,12H,1-2H3,(H,20,22)(H,21,23). The summed E-state index contributed by atoms with van der Waals surface area (Å²) in [5, 5.41) is 14.4. The minimum atomic E-state index is -0.295. The second-order valence-electron chi connectivity index (χ2n) is 5.35. The summed E-state index contributed by atoms with van der Waals surface area (Å²) in [5.74, 6) is -0.468. The lowest BCUT2D eigenvalue weighted by Gasteiger charge is -2.09. The van der Waals surface area contributed by atoms with Gasteiger partial charge in [-0.05, 0) is 56.3 Å². The fraction of sp³-hybridized carbons (Fsp3) is 0.167. The molecule has 2 aromatic carbocycles. The molecule has 2 rings (SSSR count). The first-order valence-electron chi connectivity index (χ1n) is 7.22. The molecule has 0 aromatic heterocycles. The third kappa shape index (κ3) is 4.42. The zero-order chi connectivity index (χ0) is 16.8. The highest BCUT2D eigenvalue weighted by atomic mass is 16.2. The van der Waals surface area contributed by atoms with E-state index in [9.17, 15) is 9.59 Å². The van der Waals surface area contributed by atoms with E-state index in [1.165, 1.54) is 0 Å². The van der Waals surface area contributed by atoms with E-state index in [-0.39, 0.29) is 17.9 Å². The van der Waals surface area contributed by atoms with Crippen LogP contribution in [0.3, 0.4) is 0 Å². The van der Waals surface area contributed by atoms with Gasteiger partial charge in [0.2, 0.25) is 0 Å². The van der Waals surface area contributed by atoms with Crippen molar-refractivity contribution in [1.29, 1.82) is 5.26 Å². The van der Waals surface area contributed by atoms with Crippen molar-refractivity contribution in [2.24, 2.45) is 0 Å². The quantitative estimate of drug-likeness (QED) is 0.911. The molecule has 2 aromatic rings. The first kappa shape index (κ1) is 16.2. The van der Waals surface area contributed by atoms with Crippen LogP contribution in [0.4, 0.5) is 5.69 Å². The van der Waals surface area contributed by atoms with Crippen molar-refractivity contribution in [2.45, 2.75) is 19.9 Å². The van der Waals surface area contributed by atoms with E-state index >= 15 is 0 Å². The highest BCUT2D eigenvalue weighted by Gasteiger charge is 2.10. The third-order valence-corrected chi connectivity index (χ3v) is 3.08. The maximum Gasteiger partial charge on any atom is 0.255 e. The molecule has 23 heavy (non-hydrogen) atoms. The summed E-state index contributed by atoms with van der Waals surface area (Å²) in [6.45, 7) is 3.77. The molecule has 0 aliphatic rings. The van der Waals surface area contributed by atoms with Gasteiger partial charge in [-0.3, -0.25) is 9.59 Å². The number of amides is 2. The molecule has 2 amide bonds. The van der Waals surface area contributed by atoms with Crippen molar-refractivity contribution in [3.8, 4) is 6.07 Å². The molecule has 5 heteroatoms. The summed E-state index contributed by atoms with van der Waals surface area (Å²) in [7, 11) is 0. The van der Waals surface area contributed by atoms with Gasteiger partial charge in [0.05, 0.1) is 11.6 Å². The minimum Gasteiger partial charge on any atom is -0.350 e. The lowest BCUT2D eigenvalue weighted by molar-refractivity contribution is 0.0941. The molecule has 116 valence electrons. The Bertz CT molecular complexity index is 759. The number of nitriles is 1. The van der Waals surface area contributed by atoms with Gasteiger partial charge in [0.15, 0.2) is 0 Å². The van der Waals surface area contributed by atoms with Crippen LogP contribution in [0.25, 0.3) is 0 Å². The van der Waals surface area contributed by atoms with Gasteiger partial charge >= 0.3 is 0 Å². The number of hydrogen-bond donors (Lipinski definition) is 2. The van der Waals surface area contributed by atoms with E-state index in [1.54, 1.807) is 48.5 Å². The number of carbonyl (C=O) groups is 2. The predicted octanol–water partition coefficient (Wildman–Crippen LogP) is 2.95. The lowest BCUT2D eigenvalue weighted by atomic mass is 10.1. The molecule has 0 atom stereocenters. The van der Waals surface area contributed by atoms with E-state index in [0.717, 1.165) is 0 Å². The Balaban J connectivity index is 2.08. The average molecular weight is 307 g/mol. The number of hydrogen-bond acceptors (Lipinski definition) is 3. The van der Waals surface area contributed by atoms with Crippen molar-refractivity contribution in [3.05, 3.63) is 65.2 Å². The van der Waals surface area contributed by atoms with Gasteiger partial charge in [0, 0.05) is 22.9 Å². The topological polar surface area (TPSA) is 82.0 Å². The minimum absolute atomic E-state index is 0.0536. The van der Waals surface area contributed by atoms with Crippen LogP contribution >= 0.6 is 0 Å². The molecule has 5 nitrogen and oxygen atoms in total. The zero-order valence-electron chi connectivity index (χ0n) is 13.0. The van der Waals surface area contributed by atoms with Gasteiger partial charge in [-0.25, -0.2) is 0 Å². The fourth-order valence-electron chi connectivity index (χ4n) is 1.99. The van der Waals surface area contributed by atoms with Crippen molar-refractivity contribution >= 4 is 17.5 Å². The number of benzene rings is 2. The van der Waals surface area contributed by atoms with Crippen molar-refractivity contribution < 1.29 is 9.59 Å². The Labute approximate surface area is 134 Å². The zero-order valence-corrected chi connectivity index (χ0v) is 13.0. The molecule has 2 N–H and O–H groups in total. The molecular formula is C18H17N3O2. The van der Waals surface area contributed by atoms with Crippen molar-refractivity contribution in [2.75, 3.05) is 5.32 Å². The van der Waals surface area contributed by atoms with Gasteiger partial charge in [0.1, 0.15) is 0 Å². The highest BCUT2D eigenvalue weighted by Crippen LogP contribution is 2.12. The molecule has 0 spiro atoms. The van der Waals surface area contributed by atoms with Gasteiger partial charge in [-0.1, -0.05) is 6.07 Å². The maximum absolute atomic E-state index is 12.2. The Hall–Kier alpha value is -3.13. The number of nitrogens with zero attached hydrogens (tertiary/aromatic N) is 1. The Morgan fingerprint density at radius 1 is 1.00 bits per heavy atom. The first-order valence-corrected chi connectivity index (χ1v) is 7.22. The molecule has 0 saturated heterocycles. The van der Waals surface area contributed by atoms with Crippen LogP contribution in [0.1, 0.15) is 40.1 Å². The summed E-state index contributed by atoms with van der Waals surface area (Å²) in [6, 6.07) is 15.2. The smallest absolute Gasteiger partial charge is 0.255 e. The number of carbonyl (C=O) groups excluding carboxylic acids is 2. The molecule has 0 unspecified atom stereocenters. The first-order chi connectivity index (χ1) is 11.0. The average Bonchev–Trinajstić information content (AvgIpc) is 2.54. The molecule has 0 radical (unpaired) electrons. The SMILES string of the molecule is CC(C)NC(=O)c1ccc(C(=O)Nc2cccc(C#N)c2)cc1. The molecule has 0 aliphatic heterocycles. The van der Waals surface area contributed by atoms with Crippen LogP contribution < -0.4 is 10.6 Å². The largest absolute Gasteiger partial charge is 0.350 e. The number of rotatable bonds is 4. The van der Waals surface area contributed by atoms with Crippen LogP contribution in [0, 0.1) is 11.3 Å². The maximum atomic E-state index is 12.2. The third-order valence-electron chi connectivity index (χ3n) is 3.08. The highest BCUT2D eigenvalue weighted by molar-refractivity contribution is 6.05. The van der Waals surface area contributed by atoms with Crippen molar-refractivity contribution in [3.63, 3.8) is 0 Å². The van der Waals surface area contributed by atoms with Crippen LogP contribution in [-0.2, 0) is 0 Å². The number of anilines is 1. The molecular weight excluding hydrogens is 290 g/mol. The fourth-order valence-corrected chi connectivity index (χ4v) is 1.99. The van der Waals surface area contributed by atoms with Crippen LogP contribution in [-0.4, -0.2) is 17.9 Å². The summed E-state index contributed by atoms with van der Waals surface area (Å²) in [6.07, 6.45) is 0. The summed E-state index contributed by atoms with van der Waals surface area (Å²) >= 11 is 0. The Morgan fingerprint density at radius 3 is 2.17 bits per heavy atom. The van der Waals surface area contributed by atoms with Crippen LogP contribution in [0.15, 0.2) is 48.5 Å². The second kappa shape index (κ2) is 7.23. The van der Waals surface area contributed by atoms with E-state index in [2.05, 4.69) is 10.6 Å². The number of nitrogens with one attached hydrogen (secondary N) is 2. The van der Waals surface area contributed by atoms with E-state index in [0.29, 0.717) is 22.4 Å². The monoisotopic (exact) mass is 307 g/mol. The molecule has 0 heterocycles. The normalized spacial score (nSPS) is 10.0. The van der Waals surface area contributed by atoms with Crippen LogP contribution in [0.2, 0.25) is 0 Å². The van der Waals surface area contributed by atoms with E-state index in [4.69, 9.17) is 5.26 Å². The van der Waals surface area contributed by atoms with Gasteiger partial charge in [-0.2, -0.15) is 5.26 Å². The van der Waals surface area contributed by atoms with E-state index < -0.39 is 0 Å². The molecule has 0 saturated carbocycles. The van der Waals surface area contributed by atoms with Gasteiger partial charge in [0.25, 0.3) is 11.8 Å². The predicted molar refractivity (Wildman–Crippen MR) is 88.2 cm³/mol. The second-order valence-corrected chi connectivity index (χ2v) is 5.35. The summed E-state index contributed by atoms with van der Waals surface area (Å²) < 4.78 is 0. The van der Waals surface area contributed by atoms with Crippen LogP contribution in [0.5, 0.6) is 0 Å². The summed E-state index contributed by atoms with van der Waals surface area (Å²) in [5.41, 5.74) is 1.97. The summed E-state index contributed by atoms with van der Waals surface area (Å²) in [4.78, 5) is 24.0. The van der Waals surface area contributed by atoms with E-state index in [1.807, 2.05) is 19.9 Å².